The van der Waals surface area contributed by atoms with Crippen molar-refractivity contribution in [1.82, 2.24) is 10.2 Å². The summed E-state index contributed by atoms with van der Waals surface area (Å²) in [5.41, 5.74) is 2.98. The number of benzene rings is 1. The van der Waals surface area contributed by atoms with E-state index in [9.17, 15) is 9.59 Å². The lowest BCUT2D eigenvalue weighted by molar-refractivity contribution is -0.129. The number of carbonyl (C=O) groups is 2. The molecule has 2 rings (SSSR count). The van der Waals surface area contributed by atoms with E-state index in [0.29, 0.717) is 11.7 Å². The number of hydrogen-bond donors (Lipinski definition) is 1. The molecule has 0 aromatic heterocycles. The van der Waals surface area contributed by atoms with E-state index in [4.69, 9.17) is 0 Å². The maximum Gasteiger partial charge on any atom is 0.242 e. The summed E-state index contributed by atoms with van der Waals surface area (Å²) in [6.07, 6.45) is 3.56. The zero-order valence-corrected chi connectivity index (χ0v) is 16.6. The van der Waals surface area contributed by atoms with Gasteiger partial charge >= 0.3 is 0 Å². The monoisotopic (exact) mass is 373 g/mol. The van der Waals surface area contributed by atoms with Crippen molar-refractivity contribution in [3.63, 3.8) is 0 Å². The molecule has 1 aliphatic rings. The molecule has 1 aromatic carbocycles. The predicted molar refractivity (Wildman–Crippen MR) is 109 cm³/mol. The van der Waals surface area contributed by atoms with Gasteiger partial charge in [-0.25, -0.2) is 4.99 Å². The van der Waals surface area contributed by atoms with Gasteiger partial charge < -0.3 is 5.32 Å². The van der Waals surface area contributed by atoms with E-state index in [2.05, 4.69) is 35.9 Å². The Morgan fingerprint density at radius 1 is 1.35 bits per heavy atom. The molecule has 0 saturated carbocycles. The standard InChI is InChI=1S/C20H27N3O2S/c1-5-6-7-15-8-10-16(11-9-15)22-20-23(13-14(2)3)19(25)17(26-20)12-18(24)21-4/h8-11,17H,2,5-7,12-13H2,1,3-4H3,(H,21,24). The average molecular weight is 374 g/mol. The van der Waals surface area contributed by atoms with Crippen LogP contribution in [0.3, 0.4) is 0 Å². The first kappa shape index (κ1) is 20.2. The molecule has 1 heterocycles. The summed E-state index contributed by atoms with van der Waals surface area (Å²) in [5.74, 6) is -0.229. The molecule has 0 aliphatic carbocycles. The fourth-order valence-corrected chi connectivity index (χ4v) is 3.80. The van der Waals surface area contributed by atoms with Crippen LogP contribution in [-0.2, 0) is 16.0 Å². The lowest BCUT2D eigenvalue weighted by atomic mass is 10.1. The second kappa shape index (κ2) is 9.57. The first-order valence-corrected chi connectivity index (χ1v) is 9.83. The normalized spacial score (nSPS) is 18.4. The summed E-state index contributed by atoms with van der Waals surface area (Å²) in [7, 11) is 1.58. The Bertz CT molecular complexity index is 698. The number of carbonyl (C=O) groups excluding carboxylic acids is 2. The van der Waals surface area contributed by atoms with Crippen LogP contribution in [0.15, 0.2) is 41.4 Å². The van der Waals surface area contributed by atoms with Crippen molar-refractivity contribution in [2.45, 2.75) is 44.8 Å². The van der Waals surface area contributed by atoms with Crippen LogP contribution >= 0.6 is 11.8 Å². The predicted octanol–water partition coefficient (Wildman–Crippen LogP) is 3.67. The number of aryl methyl sites for hydroxylation is 1. The maximum absolute atomic E-state index is 12.7. The third-order valence-corrected chi connectivity index (χ3v) is 5.25. The molecule has 26 heavy (non-hydrogen) atoms. The molecule has 1 unspecified atom stereocenters. The Morgan fingerprint density at radius 3 is 2.62 bits per heavy atom. The molecule has 1 aliphatic heterocycles. The van der Waals surface area contributed by atoms with Crippen molar-refractivity contribution in [3.05, 3.63) is 42.0 Å². The van der Waals surface area contributed by atoms with E-state index in [1.165, 1.54) is 30.2 Å². The molecule has 5 nitrogen and oxygen atoms in total. The van der Waals surface area contributed by atoms with Gasteiger partial charge in [0.15, 0.2) is 5.17 Å². The van der Waals surface area contributed by atoms with Crippen LogP contribution in [0.1, 0.15) is 38.7 Å². The number of unbranched alkanes of at least 4 members (excludes halogenated alkanes) is 1. The van der Waals surface area contributed by atoms with Gasteiger partial charge in [0.1, 0.15) is 5.25 Å². The summed E-state index contributed by atoms with van der Waals surface area (Å²) >= 11 is 1.35. The molecule has 1 atom stereocenters. The first-order chi connectivity index (χ1) is 12.4. The summed E-state index contributed by atoms with van der Waals surface area (Å²) in [5, 5.41) is 2.77. The Hall–Kier alpha value is -2.08. The fourth-order valence-electron chi connectivity index (χ4n) is 2.64. The number of nitrogens with one attached hydrogen (secondary N) is 1. The van der Waals surface area contributed by atoms with E-state index in [0.717, 1.165) is 17.7 Å². The minimum atomic E-state index is -0.433. The highest BCUT2D eigenvalue weighted by molar-refractivity contribution is 8.15. The molecule has 6 heteroatoms. The Morgan fingerprint density at radius 2 is 2.04 bits per heavy atom. The second-order valence-electron chi connectivity index (χ2n) is 6.53. The highest BCUT2D eigenvalue weighted by Gasteiger charge is 2.38. The van der Waals surface area contributed by atoms with Crippen LogP contribution in [0, 0.1) is 0 Å². The highest BCUT2D eigenvalue weighted by atomic mass is 32.2. The van der Waals surface area contributed by atoms with Crippen molar-refractivity contribution >= 4 is 34.4 Å². The number of nitrogens with zero attached hydrogens (tertiary/aromatic N) is 2. The topological polar surface area (TPSA) is 61.8 Å². The molecular formula is C20H27N3O2S. The van der Waals surface area contributed by atoms with Crippen LogP contribution in [0.2, 0.25) is 0 Å². The lowest BCUT2D eigenvalue weighted by Gasteiger charge is -2.16. The number of thioether (sulfide) groups is 1. The molecule has 1 fully saturated rings. The smallest absolute Gasteiger partial charge is 0.242 e. The van der Waals surface area contributed by atoms with Crippen LogP contribution in [0.4, 0.5) is 5.69 Å². The van der Waals surface area contributed by atoms with E-state index >= 15 is 0 Å². The minimum absolute atomic E-state index is 0.0834. The van der Waals surface area contributed by atoms with Crippen molar-refractivity contribution in [2.75, 3.05) is 13.6 Å². The van der Waals surface area contributed by atoms with Gasteiger partial charge in [-0.1, -0.05) is 49.4 Å². The van der Waals surface area contributed by atoms with E-state index in [-0.39, 0.29) is 18.2 Å². The minimum Gasteiger partial charge on any atom is -0.359 e. The zero-order valence-electron chi connectivity index (χ0n) is 15.7. The van der Waals surface area contributed by atoms with Crippen LogP contribution in [-0.4, -0.2) is 40.7 Å². The van der Waals surface area contributed by atoms with Crippen molar-refractivity contribution < 1.29 is 9.59 Å². The summed E-state index contributed by atoms with van der Waals surface area (Å²) in [6, 6.07) is 8.13. The van der Waals surface area contributed by atoms with Crippen molar-refractivity contribution in [2.24, 2.45) is 4.99 Å². The number of amides is 2. The van der Waals surface area contributed by atoms with Gasteiger partial charge in [0.2, 0.25) is 11.8 Å². The van der Waals surface area contributed by atoms with Gasteiger partial charge in [0.25, 0.3) is 0 Å². The first-order valence-electron chi connectivity index (χ1n) is 8.95. The fraction of sp³-hybridized carbons (Fsp3) is 0.450. The van der Waals surface area contributed by atoms with E-state index in [1.807, 2.05) is 19.1 Å². The van der Waals surface area contributed by atoms with Crippen molar-refractivity contribution in [1.29, 1.82) is 0 Å². The molecule has 1 saturated heterocycles. The quantitative estimate of drug-likeness (QED) is 0.707. The number of aliphatic imine (C=N–C) groups is 1. The molecule has 0 bridgehead atoms. The van der Waals surface area contributed by atoms with Gasteiger partial charge in [-0.2, -0.15) is 0 Å². The maximum atomic E-state index is 12.7. The number of amidine groups is 1. The van der Waals surface area contributed by atoms with Gasteiger partial charge in [0, 0.05) is 20.0 Å². The number of rotatable bonds is 8. The summed E-state index contributed by atoms with van der Waals surface area (Å²) in [4.78, 5) is 30.6. The van der Waals surface area contributed by atoms with E-state index < -0.39 is 5.25 Å². The molecule has 1 N–H and O–H groups in total. The lowest BCUT2D eigenvalue weighted by Crippen LogP contribution is -2.35. The van der Waals surface area contributed by atoms with Crippen LogP contribution in [0.25, 0.3) is 0 Å². The molecule has 140 valence electrons. The average Bonchev–Trinajstić information content (AvgIpc) is 2.89. The SMILES string of the molecule is C=C(C)CN1C(=O)C(CC(=O)NC)SC1=Nc1ccc(CCCC)cc1. The summed E-state index contributed by atoms with van der Waals surface area (Å²) < 4.78 is 0. The zero-order chi connectivity index (χ0) is 19.1. The molecule has 1 aromatic rings. The van der Waals surface area contributed by atoms with Gasteiger partial charge in [-0.05, 0) is 37.5 Å². The van der Waals surface area contributed by atoms with Crippen LogP contribution in [0.5, 0.6) is 0 Å². The third kappa shape index (κ3) is 5.46. The van der Waals surface area contributed by atoms with Crippen molar-refractivity contribution in [3.8, 4) is 0 Å². The van der Waals surface area contributed by atoms with Crippen LogP contribution < -0.4 is 5.32 Å². The largest absolute Gasteiger partial charge is 0.359 e. The summed E-state index contributed by atoms with van der Waals surface area (Å²) in [6.45, 7) is 8.38. The highest BCUT2D eigenvalue weighted by Crippen LogP contribution is 2.32. The molecule has 0 radical (unpaired) electrons. The van der Waals surface area contributed by atoms with E-state index in [1.54, 1.807) is 11.9 Å². The third-order valence-electron chi connectivity index (χ3n) is 4.08. The Balaban J connectivity index is 2.20. The molecular weight excluding hydrogens is 346 g/mol. The Labute approximate surface area is 159 Å². The second-order valence-corrected chi connectivity index (χ2v) is 7.70. The van der Waals surface area contributed by atoms with Gasteiger partial charge in [0.05, 0.1) is 5.69 Å². The number of hydrogen-bond acceptors (Lipinski definition) is 4. The molecule has 0 spiro atoms. The molecule has 2 amide bonds. The van der Waals surface area contributed by atoms with Gasteiger partial charge in [-0.3, -0.25) is 14.5 Å². The van der Waals surface area contributed by atoms with Gasteiger partial charge in [-0.15, -0.1) is 0 Å². The Kier molecular flexibility index (Phi) is 7.45.